The molecule has 1 aliphatic rings. The molecule has 1 aliphatic carbocycles. The molecule has 0 unspecified atom stereocenters. The number of hydrogen-bond donors (Lipinski definition) is 3. The molecule has 6 heteroatoms. The van der Waals surface area contributed by atoms with Crippen molar-refractivity contribution in [1.82, 2.24) is 15.5 Å². The van der Waals surface area contributed by atoms with E-state index in [1.165, 1.54) is 12.1 Å². The van der Waals surface area contributed by atoms with Crippen LogP contribution in [0.3, 0.4) is 0 Å². The van der Waals surface area contributed by atoms with Crippen LogP contribution in [0.1, 0.15) is 31.2 Å². The van der Waals surface area contributed by atoms with Crippen LogP contribution in [0.25, 0.3) is 0 Å². The number of aliphatic hydroxyl groups excluding tert-OH is 1. The molecule has 1 fully saturated rings. The summed E-state index contributed by atoms with van der Waals surface area (Å²) in [5.41, 5.74) is 1.03. The molecule has 2 rings (SSSR count). The van der Waals surface area contributed by atoms with Crippen molar-refractivity contribution in [3.63, 3.8) is 0 Å². The Morgan fingerprint density at radius 3 is 2.70 bits per heavy atom. The van der Waals surface area contributed by atoms with Crippen molar-refractivity contribution in [2.75, 3.05) is 20.1 Å². The number of halogens is 1. The molecule has 3 N–H and O–H groups in total. The second-order valence-electron chi connectivity index (χ2n) is 6.22. The minimum Gasteiger partial charge on any atom is -0.391 e. The zero-order valence-corrected chi connectivity index (χ0v) is 13.6. The van der Waals surface area contributed by atoms with Crippen molar-refractivity contribution >= 4 is 6.03 Å². The molecule has 1 aromatic rings. The first kappa shape index (κ1) is 17.7. The quantitative estimate of drug-likeness (QED) is 0.749. The van der Waals surface area contributed by atoms with E-state index in [4.69, 9.17) is 0 Å². The molecule has 0 heterocycles. The number of rotatable bonds is 6. The zero-order valence-electron chi connectivity index (χ0n) is 13.6. The molecule has 5 nitrogen and oxygen atoms in total. The summed E-state index contributed by atoms with van der Waals surface area (Å²) in [6, 6.07) is 6.05. The van der Waals surface area contributed by atoms with Crippen LogP contribution in [0.4, 0.5) is 9.18 Å². The van der Waals surface area contributed by atoms with Gasteiger partial charge in [0.25, 0.3) is 0 Å². The first-order valence-corrected chi connectivity index (χ1v) is 8.20. The van der Waals surface area contributed by atoms with E-state index >= 15 is 0 Å². The fourth-order valence-corrected chi connectivity index (χ4v) is 2.84. The Labute approximate surface area is 136 Å². The standard InChI is InChI=1S/C17H26FN3O2/c1-21(12-13-6-8-14(18)9-7-13)11-10-19-17(23)20-15-4-2-3-5-16(15)22/h6-9,15-16,22H,2-5,10-12H2,1H3,(H2,19,20,23)/t15-,16+/m1/s1. The number of carbonyl (C=O) groups is 1. The van der Waals surface area contributed by atoms with Crippen LogP contribution in [0.2, 0.25) is 0 Å². The number of amides is 2. The molecule has 0 aromatic heterocycles. The first-order valence-electron chi connectivity index (χ1n) is 8.20. The SMILES string of the molecule is CN(CCNC(=O)N[C@@H]1CCCC[C@@H]1O)Cc1ccc(F)cc1. The van der Waals surface area contributed by atoms with Crippen LogP contribution in [0.5, 0.6) is 0 Å². The Balaban J connectivity index is 1.63. The Morgan fingerprint density at radius 1 is 1.30 bits per heavy atom. The van der Waals surface area contributed by atoms with Gasteiger partial charge in [-0.3, -0.25) is 0 Å². The molecular formula is C17H26FN3O2. The molecule has 23 heavy (non-hydrogen) atoms. The molecule has 128 valence electrons. The maximum Gasteiger partial charge on any atom is 0.315 e. The summed E-state index contributed by atoms with van der Waals surface area (Å²) < 4.78 is 12.8. The number of urea groups is 1. The molecule has 0 aliphatic heterocycles. The lowest BCUT2D eigenvalue weighted by Gasteiger charge is -2.28. The minimum atomic E-state index is -0.435. The smallest absolute Gasteiger partial charge is 0.315 e. The number of benzene rings is 1. The molecular weight excluding hydrogens is 297 g/mol. The molecule has 1 aromatic carbocycles. The fourth-order valence-electron chi connectivity index (χ4n) is 2.84. The van der Waals surface area contributed by atoms with Gasteiger partial charge < -0.3 is 20.6 Å². The van der Waals surface area contributed by atoms with Crippen LogP contribution >= 0.6 is 0 Å². The average molecular weight is 323 g/mol. The third-order valence-electron chi connectivity index (χ3n) is 4.19. The van der Waals surface area contributed by atoms with Gasteiger partial charge in [0.05, 0.1) is 12.1 Å². The summed E-state index contributed by atoms with van der Waals surface area (Å²) in [7, 11) is 1.95. The summed E-state index contributed by atoms with van der Waals surface area (Å²) in [6.07, 6.45) is 3.22. The Kier molecular flexibility index (Phi) is 6.80. The van der Waals surface area contributed by atoms with E-state index in [1.807, 2.05) is 7.05 Å². The number of nitrogens with one attached hydrogen (secondary N) is 2. The van der Waals surface area contributed by atoms with Gasteiger partial charge in [0.15, 0.2) is 0 Å². The predicted molar refractivity (Wildman–Crippen MR) is 87.5 cm³/mol. The number of likely N-dealkylation sites (N-methyl/N-ethyl adjacent to an activating group) is 1. The van der Waals surface area contributed by atoms with E-state index in [0.717, 1.165) is 31.2 Å². The maximum absolute atomic E-state index is 12.8. The van der Waals surface area contributed by atoms with E-state index < -0.39 is 6.10 Å². The summed E-state index contributed by atoms with van der Waals surface area (Å²) >= 11 is 0. The number of carbonyl (C=O) groups excluding carboxylic acids is 1. The van der Waals surface area contributed by atoms with E-state index in [9.17, 15) is 14.3 Å². The van der Waals surface area contributed by atoms with Gasteiger partial charge in [-0.2, -0.15) is 0 Å². The molecule has 2 atom stereocenters. The highest BCUT2D eigenvalue weighted by Crippen LogP contribution is 2.18. The Hall–Kier alpha value is -1.66. The second-order valence-corrected chi connectivity index (χ2v) is 6.22. The van der Waals surface area contributed by atoms with Crippen molar-refractivity contribution in [3.05, 3.63) is 35.6 Å². The Morgan fingerprint density at radius 2 is 2.00 bits per heavy atom. The highest BCUT2D eigenvalue weighted by Gasteiger charge is 2.24. The van der Waals surface area contributed by atoms with Crippen LogP contribution in [0, 0.1) is 5.82 Å². The largest absolute Gasteiger partial charge is 0.391 e. The van der Waals surface area contributed by atoms with Gasteiger partial charge in [-0.05, 0) is 37.6 Å². The van der Waals surface area contributed by atoms with Gasteiger partial charge >= 0.3 is 6.03 Å². The number of nitrogens with zero attached hydrogens (tertiary/aromatic N) is 1. The highest BCUT2D eigenvalue weighted by atomic mass is 19.1. The molecule has 0 radical (unpaired) electrons. The number of aliphatic hydroxyl groups is 1. The van der Waals surface area contributed by atoms with Gasteiger partial charge in [-0.1, -0.05) is 25.0 Å². The van der Waals surface area contributed by atoms with Crippen molar-refractivity contribution < 1.29 is 14.3 Å². The molecule has 0 bridgehead atoms. The van der Waals surface area contributed by atoms with E-state index in [-0.39, 0.29) is 17.9 Å². The van der Waals surface area contributed by atoms with Crippen molar-refractivity contribution in [2.24, 2.45) is 0 Å². The fraction of sp³-hybridized carbons (Fsp3) is 0.588. The highest BCUT2D eigenvalue weighted by molar-refractivity contribution is 5.74. The van der Waals surface area contributed by atoms with E-state index in [0.29, 0.717) is 19.6 Å². The van der Waals surface area contributed by atoms with Crippen LogP contribution in [-0.2, 0) is 6.54 Å². The average Bonchev–Trinajstić information content (AvgIpc) is 2.52. The minimum absolute atomic E-state index is 0.138. The van der Waals surface area contributed by atoms with Crippen molar-refractivity contribution in [2.45, 2.75) is 44.4 Å². The molecule has 2 amide bonds. The lowest BCUT2D eigenvalue weighted by atomic mass is 9.93. The second kappa shape index (κ2) is 8.84. The lowest BCUT2D eigenvalue weighted by Crippen LogP contribution is -2.49. The Bertz CT molecular complexity index is 495. The summed E-state index contributed by atoms with van der Waals surface area (Å²) in [6.45, 7) is 1.91. The summed E-state index contributed by atoms with van der Waals surface area (Å²) in [5.74, 6) is -0.236. The van der Waals surface area contributed by atoms with Crippen molar-refractivity contribution in [3.8, 4) is 0 Å². The van der Waals surface area contributed by atoms with Crippen LogP contribution < -0.4 is 10.6 Å². The topological polar surface area (TPSA) is 64.6 Å². The van der Waals surface area contributed by atoms with Crippen molar-refractivity contribution in [1.29, 1.82) is 0 Å². The van der Waals surface area contributed by atoms with Crippen LogP contribution in [0.15, 0.2) is 24.3 Å². The van der Waals surface area contributed by atoms with E-state index in [2.05, 4.69) is 15.5 Å². The maximum atomic E-state index is 12.8. The normalized spacial score (nSPS) is 21.2. The van der Waals surface area contributed by atoms with Gasteiger partial charge in [0.2, 0.25) is 0 Å². The van der Waals surface area contributed by atoms with Gasteiger partial charge in [0, 0.05) is 19.6 Å². The first-order chi connectivity index (χ1) is 11.0. The van der Waals surface area contributed by atoms with Crippen LogP contribution in [-0.4, -0.2) is 48.3 Å². The number of hydrogen-bond acceptors (Lipinski definition) is 3. The van der Waals surface area contributed by atoms with Gasteiger partial charge in [-0.25, -0.2) is 9.18 Å². The lowest BCUT2D eigenvalue weighted by molar-refractivity contribution is 0.0943. The molecule has 1 saturated carbocycles. The summed E-state index contributed by atoms with van der Waals surface area (Å²) in [5, 5.41) is 15.5. The monoisotopic (exact) mass is 323 g/mol. The molecule has 0 saturated heterocycles. The summed E-state index contributed by atoms with van der Waals surface area (Å²) in [4.78, 5) is 13.9. The van der Waals surface area contributed by atoms with Gasteiger partial charge in [0.1, 0.15) is 5.82 Å². The third-order valence-corrected chi connectivity index (χ3v) is 4.19. The third kappa shape index (κ3) is 6.15. The van der Waals surface area contributed by atoms with E-state index in [1.54, 1.807) is 12.1 Å². The molecule has 0 spiro atoms. The van der Waals surface area contributed by atoms with Gasteiger partial charge in [-0.15, -0.1) is 0 Å². The predicted octanol–water partition coefficient (Wildman–Crippen LogP) is 1.86. The zero-order chi connectivity index (χ0) is 16.7.